The molecule has 2 atom stereocenters. The second-order valence-corrected chi connectivity index (χ2v) is 5.17. The van der Waals surface area contributed by atoms with Crippen LogP contribution in [-0.2, 0) is 9.53 Å². The van der Waals surface area contributed by atoms with Crippen LogP contribution < -0.4 is 14.8 Å². The van der Waals surface area contributed by atoms with Crippen molar-refractivity contribution >= 4 is 5.97 Å². The number of carbonyl (C=O) groups excluding carboxylic acids is 1. The van der Waals surface area contributed by atoms with Crippen molar-refractivity contribution in [3.63, 3.8) is 0 Å². The Hall–Kier alpha value is -1.75. The van der Waals surface area contributed by atoms with E-state index in [-0.39, 0.29) is 24.7 Å². The minimum absolute atomic E-state index is 0.122. The molecule has 0 aliphatic carbocycles. The van der Waals surface area contributed by atoms with Gasteiger partial charge in [-0.05, 0) is 37.1 Å². The number of nitrogens with one attached hydrogen (secondary N) is 1. The van der Waals surface area contributed by atoms with E-state index < -0.39 is 0 Å². The van der Waals surface area contributed by atoms with Crippen LogP contribution in [0.3, 0.4) is 0 Å². The molecule has 20 heavy (non-hydrogen) atoms. The fraction of sp³-hybridized carbons (Fsp3) is 0.533. The van der Waals surface area contributed by atoms with E-state index in [1.54, 1.807) is 0 Å². The Bertz CT molecular complexity index is 497. The lowest BCUT2D eigenvalue weighted by atomic mass is 9.86. The van der Waals surface area contributed by atoms with Crippen LogP contribution in [0.25, 0.3) is 0 Å². The Kier molecular flexibility index (Phi) is 3.78. The molecule has 1 aromatic carbocycles. The minimum Gasteiger partial charge on any atom is -0.469 e. The Labute approximate surface area is 118 Å². The van der Waals surface area contributed by atoms with Crippen molar-refractivity contribution in [1.29, 1.82) is 0 Å². The van der Waals surface area contributed by atoms with Crippen LogP contribution >= 0.6 is 0 Å². The van der Waals surface area contributed by atoms with Crippen molar-refractivity contribution in [2.45, 2.75) is 31.2 Å². The highest BCUT2D eigenvalue weighted by molar-refractivity contribution is 5.79. The predicted molar refractivity (Wildman–Crippen MR) is 73.0 cm³/mol. The molecule has 2 heterocycles. The molecule has 0 aromatic heterocycles. The predicted octanol–water partition coefficient (Wildman–Crippen LogP) is 1.81. The van der Waals surface area contributed by atoms with E-state index in [0.29, 0.717) is 5.75 Å². The normalized spacial score (nSPS) is 22.4. The first kappa shape index (κ1) is 13.2. The van der Waals surface area contributed by atoms with Crippen LogP contribution in [0.15, 0.2) is 18.2 Å². The van der Waals surface area contributed by atoms with Gasteiger partial charge in [0.25, 0.3) is 0 Å². The summed E-state index contributed by atoms with van der Waals surface area (Å²) < 4.78 is 15.7. The van der Waals surface area contributed by atoms with Gasteiger partial charge in [0.15, 0.2) is 11.5 Å². The smallest absolute Gasteiger partial charge is 0.314 e. The fourth-order valence-electron chi connectivity index (χ4n) is 2.93. The molecule has 0 amide bonds. The number of hydrogen-bond acceptors (Lipinski definition) is 5. The maximum atomic E-state index is 12.2. The maximum Gasteiger partial charge on any atom is 0.314 e. The van der Waals surface area contributed by atoms with Crippen molar-refractivity contribution in [3.8, 4) is 11.5 Å². The molecule has 1 saturated heterocycles. The maximum absolute atomic E-state index is 12.2. The molecule has 0 bridgehead atoms. The van der Waals surface area contributed by atoms with Crippen molar-refractivity contribution in [1.82, 2.24) is 5.32 Å². The van der Waals surface area contributed by atoms with Crippen LogP contribution in [0, 0.1) is 0 Å². The van der Waals surface area contributed by atoms with E-state index in [4.69, 9.17) is 14.2 Å². The zero-order valence-corrected chi connectivity index (χ0v) is 11.6. The molecular formula is C15H19NO4. The van der Waals surface area contributed by atoms with Gasteiger partial charge in [0.2, 0.25) is 6.79 Å². The summed E-state index contributed by atoms with van der Waals surface area (Å²) in [6.45, 7) is 1.19. The summed E-state index contributed by atoms with van der Waals surface area (Å²) in [4.78, 5) is 12.2. The Morgan fingerprint density at radius 3 is 2.95 bits per heavy atom. The summed E-state index contributed by atoms with van der Waals surface area (Å²) in [5.41, 5.74) is 0.917. The van der Waals surface area contributed by atoms with Gasteiger partial charge in [-0.3, -0.25) is 4.79 Å². The lowest BCUT2D eigenvalue weighted by Gasteiger charge is -2.30. The van der Waals surface area contributed by atoms with Gasteiger partial charge in [-0.2, -0.15) is 0 Å². The summed E-state index contributed by atoms with van der Waals surface area (Å²) in [5, 5.41) is 3.43. The van der Waals surface area contributed by atoms with Crippen LogP contribution in [0.4, 0.5) is 0 Å². The van der Waals surface area contributed by atoms with E-state index in [2.05, 4.69) is 5.32 Å². The summed E-state index contributed by atoms with van der Waals surface area (Å²) in [6, 6.07) is 5.79. The largest absolute Gasteiger partial charge is 0.469 e. The summed E-state index contributed by atoms with van der Waals surface area (Å²) in [6.07, 6.45) is 3.27. The zero-order chi connectivity index (χ0) is 13.9. The summed E-state index contributed by atoms with van der Waals surface area (Å²) >= 11 is 0. The molecule has 1 N–H and O–H groups in total. The van der Waals surface area contributed by atoms with E-state index >= 15 is 0 Å². The van der Waals surface area contributed by atoms with Gasteiger partial charge < -0.3 is 19.5 Å². The van der Waals surface area contributed by atoms with E-state index in [9.17, 15) is 4.79 Å². The second kappa shape index (κ2) is 5.71. The number of fused-ring (bicyclic) bond motifs is 1. The first-order chi connectivity index (χ1) is 9.79. The quantitative estimate of drug-likeness (QED) is 0.854. The molecular weight excluding hydrogens is 258 g/mol. The van der Waals surface area contributed by atoms with Crippen molar-refractivity contribution in [2.24, 2.45) is 0 Å². The molecule has 3 rings (SSSR count). The third-order valence-electron chi connectivity index (χ3n) is 3.96. The SMILES string of the molecule is COC(=O)[C@H](c1ccc2c(c1)OCO2)[C@@H]1CCCCN1. The van der Waals surface area contributed by atoms with Crippen LogP contribution in [0.5, 0.6) is 11.5 Å². The first-order valence-corrected chi connectivity index (χ1v) is 7.00. The number of rotatable bonds is 3. The minimum atomic E-state index is -0.296. The van der Waals surface area contributed by atoms with Crippen molar-refractivity contribution in [3.05, 3.63) is 23.8 Å². The van der Waals surface area contributed by atoms with Crippen LogP contribution in [-0.4, -0.2) is 32.5 Å². The second-order valence-electron chi connectivity index (χ2n) is 5.17. The number of methoxy groups -OCH3 is 1. The third kappa shape index (κ3) is 2.45. The average Bonchev–Trinajstić information content (AvgIpc) is 2.96. The highest BCUT2D eigenvalue weighted by Gasteiger charge is 2.32. The molecule has 1 fully saturated rings. The number of carbonyl (C=O) groups is 1. The summed E-state index contributed by atoms with van der Waals surface area (Å²) in [7, 11) is 1.44. The average molecular weight is 277 g/mol. The molecule has 5 nitrogen and oxygen atoms in total. The topological polar surface area (TPSA) is 56.8 Å². The molecule has 2 aliphatic rings. The van der Waals surface area contributed by atoms with Crippen molar-refractivity contribution < 1.29 is 19.0 Å². The standard InChI is InChI=1S/C15H19NO4/c1-18-15(17)14(11-4-2-3-7-16-11)10-5-6-12-13(8-10)20-9-19-12/h5-6,8,11,14,16H,2-4,7,9H2,1H3/t11-,14+/m0/s1. The summed E-state index contributed by atoms with van der Waals surface area (Å²) in [5.74, 6) is 0.930. The van der Waals surface area contributed by atoms with E-state index in [1.807, 2.05) is 18.2 Å². The number of esters is 1. The van der Waals surface area contributed by atoms with Gasteiger partial charge in [-0.15, -0.1) is 0 Å². The number of piperidine rings is 1. The first-order valence-electron chi connectivity index (χ1n) is 7.00. The van der Waals surface area contributed by atoms with Gasteiger partial charge in [-0.1, -0.05) is 12.5 Å². The molecule has 2 aliphatic heterocycles. The molecule has 0 spiro atoms. The Morgan fingerprint density at radius 1 is 1.35 bits per heavy atom. The fourth-order valence-corrected chi connectivity index (χ4v) is 2.93. The van der Waals surface area contributed by atoms with Crippen molar-refractivity contribution in [2.75, 3.05) is 20.4 Å². The third-order valence-corrected chi connectivity index (χ3v) is 3.96. The van der Waals surface area contributed by atoms with Gasteiger partial charge in [-0.25, -0.2) is 0 Å². The molecule has 1 aromatic rings. The van der Waals surface area contributed by atoms with E-state index in [0.717, 1.165) is 37.1 Å². The molecule has 108 valence electrons. The number of ether oxygens (including phenoxy) is 3. The number of benzene rings is 1. The van der Waals surface area contributed by atoms with Crippen LogP contribution in [0.1, 0.15) is 30.7 Å². The van der Waals surface area contributed by atoms with Gasteiger partial charge in [0, 0.05) is 6.04 Å². The Morgan fingerprint density at radius 2 is 2.20 bits per heavy atom. The van der Waals surface area contributed by atoms with Gasteiger partial charge >= 0.3 is 5.97 Å². The van der Waals surface area contributed by atoms with E-state index in [1.165, 1.54) is 7.11 Å². The number of hydrogen-bond donors (Lipinski definition) is 1. The molecule has 0 unspecified atom stereocenters. The van der Waals surface area contributed by atoms with Crippen LogP contribution in [0.2, 0.25) is 0 Å². The lowest BCUT2D eigenvalue weighted by molar-refractivity contribution is -0.143. The molecule has 0 saturated carbocycles. The Balaban J connectivity index is 1.90. The zero-order valence-electron chi connectivity index (χ0n) is 11.6. The van der Waals surface area contributed by atoms with Gasteiger partial charge in [0.1, 0.15) is 0 Å². The molecule has 0 radical (unpaired) electrons. The highest BCUT2D eigenvalue weighted by atomic mass is 16.7. The molecule has 5 heteroatoms. The monoisotopic (exact) mass is 277 g/mol. The lowest BCUT2D eigenvalue weighted by Crippen LogP contribution is -2.42. The highest BCUT2D eigenvalue weighted by Crippen LogP contribution is 2.36. The van der Waals surface area contributed by atoms with Gasteiger partial charge in [0.05, 0.1) is 13.0 Å².